The van der Waals surface area contributed by atoms with Gasteiger partial charge < -0.3 is 0 Å². The molecule has 0 aliphatic heterocycles. The van der Waals surface area contributed by atoms with Crippen molar-refractivity contribution in [2.24, 2.45) is 0 Å². The first kappa shape index (κ1) is 11.3. The SMILES string of the molecule is CC.Cc1ccccc1/C=C/S. The third-order valence-corrected chi connectivity index (χ3v) is 1.59. The van der Waals surface area contributed by atoms with E-state index in [-0.39, 0.29) is 0 Å². The Kier molecular flexibility index (Phi) is 6.58. The highest BCUT2D eigenvalue weighted by molar-refractivity contribution is 7.83. The zero-order valence-electron chi connectivity index (χ0n) is 7.91. The van der Waals surface area contributed by atoms with Crippen molar-refractivity contribution in [2.45, 2.75) is 20.8 Å². The second kappa shape index (κ2) is 6.99. The fourth-order valence-corrected chi connectivity index (χ4v) is 1.01. The van der Waals surface area contributed by atoms with E-state index in [1.807, 2.05) is 32.1 Å². The van der Waals surface area contributed by atoms with Gasteiger partial charge in [-0.25, -0.2) is 0 Å². The van der Waals surface area contributed by atoms with E-state index in [1.54, 1.807) is 5.41 Å². The van der Waals surface area contributed by atoms with Crippen LogP contribution in [0.1, 0.15) is 25.0 Å². The van der Waals surface area contributed by atoms with Crippen LogP contribution in [0.15, 0.2) is 29.7 Å². The largest absolute Gasteiger partial charge is 0.151 e. The third-order valence-electron chi connectivity index (χ3n) is 1.44. The molecule has 0 fully saturated rings. The van der Waals surface area contributed by atoms with E-state index in [4.69, 9.17) is 0 Å². The van der Waals surface area contributed by atoms with Crippen LogP contribution in [0.4, 0.5) is 0 Å². The van der Waals surface area contributed by atoms with E-state index in [9.17, 15) is 0 Å². The van der Waals surface area contributed by atoms with Crippen LogP contribution in [0, 0.1) is 6.92 Å². The molecular formula is C11H16S. The van der Waals surface area contributed by atoms with Crippen LogP contribution >= 0.6 is 12.6 Å². The molecule has 0 saturated carbocycles. The first-order valence-electron chi connectivity index (χ1n) is 4.21. The molecule has 0 unspecified atom stereocenters. The van der Waals surface area contributed by atoms with Crippen molar-refractivity contribution < 1.29 is 0 Å². The maximum atomic E-state index is 4.00. The fraction of sp³-hybridized carbons (Fsp3) is 0.273. The molecule has 0 amide bonds. The Balaban J connectivity index is 0.000000561. The van der Waals surface area contributed by atoms with Crippen LogP contribution in [-0.2, 0) is 0 Å². The number of hydrogen-bond acceptors (Lipinski definition) is 1. The summed E-state index contributed by atoms with van der Waals surface area (Å²) in [6.07, 6.45) is 1.98. The van der Waals surface area contributed by atoms with Crippen LogP contribution in [0.5, 0.6) is 0 Å². The van der Waals surface area contributed by atoms with Crippen molar-refractivity contribution in [3.63, 3.8) is 0 Å². The van der Waals surface area contributed by atoms with Crippen molar-refractivity contribution in [3.8, 4) is 0 Å². The molecule has 0 N–H and O–H groups in total. The molecule has 1 aromatic carbocycles. The van der Waals surface area contributed by atoms with Gasteiger partial charge in [0.2, 0.25) is 0 Å². The minimum absolute atomic E-state index is 1.23. The summed E-state index contributed by atoms with van der Waals surface area (Å²) in [4.78, 5) is 0. The van der Waals surface area contributed by atoms with E-state index in [2.05, 4.69) is 31.7 Å². The number of hydrogen-bond donors (Lipinski definition) is 1. The molecular weight excluding hydrogens is 164 g/mol. The van der Waals surface area contributed by atoms with Gasteiger partial charge in [0.05, 0.1) is 0 Å². The van der Waals surface area contributed by atoms with E-state index in [0.29, 0.717) is 0 Å². The molecule has 0 nitrogen and oxygen atoms in total. The first-order chi connectivity index (χ1) is 5.84. The van der Waals surface area contributed by atoms with Crippen LogP contribution in [0.25, 0.3) is 6.08 Å². The van der Waals surface area contributed by atoms with Crippen LogP contribution in [-0.4, -0.2) is 0 Å². The Morgan fingerprint density at radius 1 is 1.17 bits per heavy atom. The predicted octanol–water partition coefficient (Wildman–Crippen LogP) is 3.92. The van der Waals surface area contributed by atoms with Crippen LogP contribution < -0.4 is 0 Å². The molecule has 0 aromatic heterocycles. The highest BCUT2D eigenvalue weighted by Crippen LogP contribution is 2.08. The van der Waals surface area contributed by atoms with Gasteiger partial charge in [0.15, 0.2) is 0 Å². The van der Waals surface area contributed by atoms with Gasteiger partial charge in [-0.2, -0.15) is 12.6 Å². The monoisotopic (exact) mass is 180 g/mol. The van der Waals surface area contributed by atoms with E-state index in [0.717, 1.165) is 0 Å². The van der Waals surface area contributed by atoms with Gasteiger partial charge in [0, 0.05) is 0 Å². The van der Waals surface area contributed by atoms with Gasteiger partial charge in [-0.15, -0.1) is 0 Å². The topological polar surface area (TPSA) is 0 Å². The Morgan fingerprint density at radius 3 is 2.25 bits per heavy atom. The predicted molar refractivity (Wildman–Crippen MR) is 60.5 cm³/mol. The third kappa shape index (κ3) is 3.63. The molecule has 0 aliphatic carbocycles. The number of thiol groups is 1. The van der Waals surface area contributed by atoms with Crippen molar-refractivity contribution >= 4 is 18.7 Å². The standard InChI is InChI=1S/C9H10S.C2H6/c1-8-4-2-3-5-9(8)6-7-10;1-2/h2-7,10H,1H3;1-2H3/b7-6+;. The molecule has 0 heterocycles. The summed E-state index contributed by atoms with van der Waals surface area (Å²) in [6.45, 7) is 6.09. The minimum atomic E-state index is 1.23. The molecule has 1 aromatic rings. The lowest BCUT2D eigenvalue weighted by Gasteiger charge is -1.96. The summed E-state index contributed by atoms with van der Waals surface area (Å²) in [6, 6.07) is 8.21. The van der Waals surface area contributed by atoms with Gasteiger partial charge in [-0.05, 0) is 29.5 Å². The van der Waals surface area contributed by atoms with E-state index in [1.165, 1.54) is 11.1 Å². The first-order valence-corrected chi connectivity index (χ1v) is 4.72. The summed E-state index contributed by atoms with van der Waals surface area (Å²) in [5, 5.41) is 1.75. The number of benzene rings is 1. The van der Waals surface area contributed by atoms with Gasteiger partial charge in [0.25, 0.3) is 0 Å². The second-order valence-corrected chi connectivity index (χ2v) is 2.47. The molecule has 0 spiro atoms. The highest BCUT2D eigenvalue weighted by atomic mass is 32.1. The normalized spacial score (nSPS) is 9.33. The minimum Gasteiger partial charge on any atom is -0.151 e. The lowest BCUT2D eigenvalue weighted by Crippen LogP contribution is -1.76. The second-order valence-electron chi connectivity index (χ2n) is 2.17. The molecule has 0 bridgehead atoms. The molecule has 0 aliphatic rings. The fourth-order valence-electron chi connectivity index (χ4n) is 0.854. The summed E-state index contributed by atoms with van der Waals surface area (Å²) in [5.41, 5.74) is 2.52. The average molecular weight is 180 g/mol. The number of rotatable bonds is 1. The molecule has 1 heteroatoms. The lowest BCUT2D eigenvalue weighted by molar-refractivity contribution is 1.45. The molecule has 0 atom stereocenters. The highest BCUT2D eigenvalue weighted by Gasteiger charge is 1.88. The average Bonchev–Trinajstić information content (AvgIpc) is 2.13. The Morgan fingerprint density at radius 2 is 1.75 bits per heavy atom. The lowest BCUT2D eigenvalue weighted by atomic mass is 10.1. The van der Waals surface area contributed by atoms with Gasteiger partial charge in [-0.1, -0.05) is 38.1 Å². The number of aryl methyl sites for hydroxylation is 1. The maximum Gasteiger partial charge on any atom is -0.0222 e. The molecule has 0 saturated heterocycles. The van der Waals surface area contributed by atoms with Crippen LogP contribution in [0.2, 0.25) is 0 Å². The summed E-state index contributed by atoms with van der Waals surface area (Å²) in [7, 11) is 0. The van der Waals surface area contributed by atoms with Gasteiger partial charge in [0.1, 0.15) is 0 Å². The molecule has 1 rings (SSSR count). The van der Waals surface area contributed by atoms with Gasteiger partial charge >= 0.3 is 0 Å². The van der Waals surface area contributed by atoms with Crippen molar-refractivity contribution in [1.29, 1.82) is 0 Å². The maximum absolute atomic E-state index is 4.00. The summed E-state index contributed by atoms with van der Waals surface area (Å²) >= 11 is 4.00. The molecule has 12 heavy (non-hydrogen) atoms. The molecule has 0 radical (unpaired) electrons. The Hall–Kier alpha value is -0.690. The van der Waals surface area contributed by atoms with E-state index < -0.39 is 0 Å². The summed E-state index contributed by atoms with van der Waals surface area (Å²) in [5.74, 6) is 0. The van der Waals surface area contributed by atoms with E-state index >= 15 is 0 Å². The summed E-state index contributed by atoms with van der Waals surface area (Å²) < 4.78 is 0. The van der Waals surface area contributed by atoms with Crippen LogP contribution in [0.3, 0.4) is 0 Å². The Bertz CT molecular complexity index is 239. The van der Waals surface area contributed by atoms with Crippen molar-refractivity contribution in [2.75, 3.05) is 0 Å². The Labute approximate surface area is 80.7 Å². The zero-order chi connectivity index (χ0) is 9.40. The molecule has 66 valence electrons. The van der Waals surface area contributed by atoms with Crippen molar-refractivity contribution in [3.05, 3.63) is 40.8 Å². The zero-order valence-corrected chi connectivity index (χ0v) is 8.81. The van der Waals surface area contributed by atoms with Crippen molar-refractivity contribution in [1.82, 2.24) is 0 Å². The van der Waals surface area contributed by atoms with Gasteiger partial charge in [-0.3, -0.25) is 0 Å². The smallest absolute Gasteiger partial charge is 0.0222 e. The quantitative estimate of drug-likeness (QED) is 0.622.